The van der Waals surface area contributed by atoms with Crippen LogP contribution in [0.5, 0.6) is 0 Å². The molecule has 0 spiro atoms. The van der Waals surface area contributed by atoms with Crippen LogP contribution < -0.4 is 0 Å². The Morgan fingerprint density at radius 3 is 2.20 bits per heavy atom. The van der Waals surface area contributed by atoms with Gasteiger partial charge in [-0.1, -0.05) is 19.9 Å². The fourth-order valence-electron chi connectivity index (χ4n) is 0.134. The molecule has 0 saturated heterocycles. The number of carboxylic acids is 1. The number of hydrogen-bond acceptors (Lipinski definition) is 1. The Hall–Kier alpha value is -0.500. The van der Waals surface area contributed by atoms with Gasteiger partial charge in [-0.25, -0.2) is 4.79 Å². The number of halogens is 1. The predicted molar refractivity (Wildman–Crippen MR) is 43.5 cm³/mol. The minimum absolute atomic E-state index is 0.816. The first-order valence-electron chi connectivity index (χ1n) is 3.10. The van der Waals surface area contributed by atoms with Crippen LogP contribution in [0.4, 0.5) is 0 Å². The van der Waals surface area contributed by atoms with Crippen molar-refractivity contribution in [3.8, 4) is 0 Å². The molecule has 0 saturated carbocycles. The van der Waals surface area contributed by atoms with Gasteiger partial charge in [0, 0.05) is 12.0 Å². The molecule has 0 amide bonds. The largest absolute Gasteiger partial charge is 0.478 e. The standard InChI is InChI=1S/C4H9Cl.C3H4O2/c1-2-3-4-5;1-2-3(4)5/h2-4H2,1H3;2H,1H2,(H,4,5). The van der Waals surface area contributed by atoms with Crippen molar-refractivity contribution in [3.05, 3.63) is 12.7 Å². The van der Waals surface area contributed by atoms with Gasteiger partial charge >= 0.3 is 5.97 Å². The van der Waals surface area contributed by atoms with Gasteiger partial charge in [0.25, 0.3) is 0 Å². The first kappa shape index (κ1) is 12.2. The van der Waals surface area contributed by atoms with E-state index in [1.165, 1.54) is 6.42 Å². The molecule has 0 fully saturated rings. The lowest BCUT2D eigenvalue weighted by atomic mass is 10.4. The summed E-state index contributed by atoms with van der Waals surface area (Å²) < 4.78 is 0. The number of aliphatic carboxylic acids is 1. The number of carboxylic acid groups (broad SMARTS) is 1. The topological polar surface area (TPSA) is 37.3 Å². The molecule has 0 aliphatic carbocycles. The first-order valence-corrected chi connectivity index (χ1v) is 3.63. The zero-order chi connectivity index (χ0) is 8.41. The first-order chi connectivity index (χ1) is 4.68. The molecule has 3 heteroatoms. The SMILES string of the molecule is C=CC(=O)O.CCCCCl. The summed E-state index contributed by atoms with van der Waals surface area (Å²) in [5.41, 5.74) is 0. The van der Waals surface area contributed by atoms with Gasteiger partial charge in [-0.2, -0.15) is 0 Å². The van der Waals surface area contributed by atoms with Crippen LogP contribution in [0.2, 0.25) is 0 Å². The predicted octanol–water partition coefficient (Wildman–Crippen LogP) is 2.28. The molecular formula is C7H13ClO2. The van der Waals surface area contributed by atoms with Crippen molar-refractivity contribution in [3.63, 3.8) is 0 Å². The lowest BCUT2D eigenvalue weighted by Crippen LogP contribution is -1.82. The zero-order valence-corrected chi connectivity index (χ0v) is 6.90. The minimum Gasteiger partial charge on any atom is -0.478 e. The minimum atomic E-state index is -0.981. The van der Waals surface area contributed by atoms with E-state index in [4.69, 9.17) is 16.7 Å². The maximum atomic E-state index is 9.25. The van der Waals surface area contributed by atoms with E-state index in [2.05, 4.69) is 13.5 Å². The van der Waals surface area contributed by atoms with Crippen molar-refractivity contribution in [2.45, 2.75) is 19.8 Å². The smallest absolute Gasteiger partial charge is 0.327 e. The van der Waals surface area contributed by atoms with Gasteiger partial charge in [-0.15, -0.1) is 11.6 Å². The van der Waals surface area contributed by atoms with Crippen LogP contribution in [0.15, 0.2) is 12.7 Å². The van der Waals surface area contributed by atoms with E-state index >= 15 is 0 Å². The van der Waals surface area contributed by atoms with E-state index in [1.54, 1.807) is 0 Å². The molecular weight excluding hydrogens is 152 g/mol. The Balaban J connectivity index is 0. The number of carbonyl (C=O) groups is 1. The van der Waals surface area contributed by atoms with Crippen molar-refractivity contribution in [2.24, 2.45) is 0 Å². The molecule has 0 aliphatic heterocycles. The zero-order valence-electron chi connectivity index (χ0n) is 6.14. The van der Waals surface area contributed by atoms with E-state index in [0.29, 0.717) is 0 Å². The molecule has 0 heterocycles. The molecule has 10 heavy (non-hydrogen) atoms. The summed E-state index contributed by atoms with van der Waals surface area (Å²) in [6.45, 7) is 5.09. The van der Waals surface area contributed by atoms with E-state index in [1.807, 2.05) is 0 Å². The van der Waals surface area contributed by atoms with Crippen LogP contribution in [-0.2, 0) is 4.79 Å². The molecule has 0 aromatic carbocycles. The van der Waals surface area contributed by atoms with E-state index in [0.717, 1.165) is 18.4 Å². The lowest BCUT2D eigenvalue weighted by Gasteiger charge is -1.77. The average molecular weight is 165 g/mol. The van der Waals surface area contributed by atoms with Crippen molar-refractivity contribution in [1.29, 1.82) is 0 Å². The molecule has 60 valence electrons. The van der Waals surface area contributed by atoms with Crippen molar-refractivity contribution in [2.75, 3.05) is 5.88 Å². The second-order valence-corrected chi connectivity index (χ2v) is 1.96. The highest BCUT2D eigenvalue weighted by atomic mass is 35.5. The molecule has 1 N–H and O–H groups in total. The highest BCUT2D eigenvalue weighted by Gasteiger charge is 1.73. The highest BCUT2D eigenvalue weighted by molar-refractivity contribution is 6.17. The molecule has 0 rings (SSSR count). The Morgan fingerprint density at radius 2 is 2.20 bits per heavy atom. The molecule has 0 unspecified atom stereocenters. The third-order valence-electron chi connectivity index (χ3n) is 0.662. The van der Waals surface area contributed by atoms with Crippen LogP contribution in [0.1, 0.15) is 19.8 Å². The van der Waals surface area contributed by atoms with Crippen LogP contribution in [-0.4, -0.2) is 17.0 Å². The lowest BCUT2D eigenvalue weighted by molar-refractivity contribution is -0.131. The van der Waals surface area contributed by atoms with E-state index < -0.39 is 5.97 Å². The fraction of sp³-hybridized carbons (Fsp3) is 0.571. The Bertz CT molecular complexity index is 89.6. The molecule has 0 radical (unpaired) electrons. The summed E-state index contributed by atoms with van der Waals surface area (Å²) in [6, 6.07) is 0. The summed E-state index contributed by atoms with van der Waals surface area (Å²) in [4.78, 5) is 9.25. The molecule has 0 bridgehead atoms. The Morgan fingerprint density at radius 1 is 1.80 bits per heavy atom. The summed E-state index contributed by atoms with van der Waals surface area (Å²) in [7, 11) is 0. The van der Waals surface area contributed by atoms with Gasteiger partial charge in [-0.3, -0.25) is 0 Å². The summed E-state index contributed by atoms with van der Waals surface area (Å²) in [6.07, 6.45) is 3.20. The van der Waals surface area contributed by atoms with Crippen LogP contribution in [0, 0.1) is 0 Å². The molecule has 0 atom stereocenters. The maximum absolute atomic E-state index is 9.25. The summed E-state index contributed by atoms with van der Waals surface area (Å²) in [5, 5.41) is 7.60. The number of rotatable bonds is 3. The van der Waals surface area contributed by atoms with E-state index in [9.17, 15) is 4.79 Å². The van der Waals surface area contributed by atoms with Crippen molar-refractivity contribution >= 4 is 17.6 Å². The fourth-order valence-corrected chi connectivity index (χ4v) is 0.401. The third kappa shape index (κ3) is 25.9. The Labute approximate surface area is 66.5 Å². The van der Waals surface area contributed by atoms with Crippen LogP contribution in [0.3, 0.4) is 0 Å². The molecule has 0 aromatic heterocycles. The number of unbranched alkanes of at least 4 members (excludes halogenated alkanes) is 1. The van der Waals surface area contributed by atoms with E-state index in [-0.39, 0.29) is 0 Å². The van der Waals surface area contributed by atoms with Gasteiger partial charge in [0.15, 0.2) is 0 Å². The molecule has 0 aliphatic rings. The summed E-state index contributed by atoms with van der Waals surface area (Å²) >= 11 is 5.30. The second-order valence-electron chi connectivity index (χ2n) is 1.58. The number of alkyl halides is 1. The average Bonchev–Trinajstić information content (AvgIpc) is 1.91. The van der Waals surface area contributed by atoms with Crippen LogP contribution in [0.25, 0.3) is 0 Å². The normalized spacial score (nSPS) is 7.40. The monoisotopic (exact) mass is 164 g/mol. The second kappa shape index (κ2) is 11.3. The molecule has 2 nitrogen and oxygen atoms in total. The summed E-state index contributed by atoms with van der Waals surface area (Å²) in [5.74, 6) is -0.166. The van der Waals surface area contributed by atoms with Gasteiger partial charge in [0.1, 0.15) is 0 Å². The van der Waals surface area contributed by atoms with Crippen molar-refractivity contribution in [1.82, 2.24) is 0 Å². The van der Waals surface area contributed by atoms with Gasteiger partial charge in [0.05, 0.1) is 0 Å². The van der Waals surface area contributed by atoms with Crippen LogP contribution >= 0.6 is 11.6 Å². The Kier molecular flexibility index (Phi) is 13.8. The molecule has 0 aromatic rings. The highest BCUT2D eigenvalue weighted by Crippen LogP contribution is 1.86. The van der Waals surface area contributed by atoms with Gasteiger partial charge in [-0.05, 0) is 6.42 Å². The number of hydrogen-bond donors (Lipinski definition) is 1. The maximum Gasteiger partial charge on any atom is 0.327 e. The van der Waals surface area contributed by atoms with Gasteiger partial charge < -0.3 is 5.11 Å². The van der Waals surface area contributed by atoms with Crippen molar-refractivity contribution < 1.29 is 9.90 Å². The quantitative estimate of drug-likeness (QED) is 0.513. The third-order valence-corrected chi connectivity index (χ3v) is 0.929. The van der Waals surface area contributed by atoms with Gasteiger partial charge in [0.2, 0.25) is 0 Å².